The molecule has 1 N–H and O–H groups in total. The minimum atomic E-state index is -0.361. The zero-order valence-corrected chi connectivity index (χ0v) is 18.1. The highest BCUT2D eigenvalue weighted by molar-refractivity contribution is 5.93. The lowest BCUT2D eigenvalue weighted by atomic mass is 9.87. The number of esters is 1. The van der Waals surface area contributed by atoms with E-state index in [2.05, 4.69) is 50.4 Å². The lowest BCUT2D eigenvalue weighted by Crippen LogP contribution is -2.10. The van der Waals surface area contributed by atoms with Crippen molar-refractivity contribution in [2.75, 3.05) is 12.4 Å². The highest BCUT2D eigenvalue weighted by Gasteiger charge is 2.15. The van der Waals surface area contributed by atoms with E-state index in [4.69, 9.17) is 14.7 Å². The van der Waals surface area contributed by atoms with Crippen molar-refractivity contribution in [2.45, 2.75) is 26.2 Å². The van der Waals surface area contributed by atoms with E-state index >= 15 is 0 Å². The van der Waals surface area contributed by atoms with Crippen molar-refractivity contribution < 1.29 is 9.53 Å². The maximum atomic E-state index is 11.7. The molecule has 5 nitrogen and oxygen atoms in total. The second-order valence-electron chi connectivity index (χ2n) is 8.43. The molecule has 0 aliphatic carbocycles. The Balaban J connectivity index is 1.72. The number of carbonyl (C=O) groups is 1. The molecule has 0 radical (unpaired) electrons. The first-order valence-corrected chi connectivity index (χ1v) is 10.2. The number of hydrogen-bond donors (Lipinski definition) is 1. The van der Waals surface area contributed by atoms with Gasteiger partial charge in [-0.25, -0.2) is 14.8 Å². The van der Waals surface area contributed by atoms with E-state index in [-0.39, 0.29) is 11.4 Å². The first-order valence-electron chi connectivity index (χ1n) is 10.2. The Morgan fingerprint density at radius 2 is 1.55 bits per heavy atom. The molecule has 0 aliphatic rings. The van der Waals surface area contributed by atoms with Gasteiger partial charge < -0.3 is 10.1 Å². The first kappa shape index (κ1) is 20.5. The number of rotatable bonds is 4. The third-order valence-electron chi connectivity index (χ3n) is 5.18. The topological polar surface area (TPSA) is 64.1 Å². The number of hydrogen-bond acceptors (Lipinski definition) is 5. The largest absolute Gasteiger partial charge is 0.465 e. The van der Waals surface area contributed by atoms with Crippen molar-refractivity contribution in [3.05, 3.63) is 83.9 Å². The number of benzene rings is 3. The predicted octanol–water partition coefficient (Wildman–Crippen LogP) is 6.12. The molecule has 0 saturated carbocycles. The van der Waals surface area contributed by atoms with Crippen LogP contribution in [0, 0.1) is 0 Å². The van der Waals surface area contributed by atoms with Gasteiger partial charge in [-0.05, 0) is 47.4 Å². The van der Waals surface area contributed by atoms with E-state index < -0.39 is 0 Å². The molecule has 0 aliphatic heterocycles. The van der Waals surface area contributed by atoms with Crippen LogP contribution in [0.2, 0.25) is 0 Å². The third kappa shape index (κ3) is 4.40. The quantitative estimate of drug-likeness (QED) is 0.410. The molecule has 1 aromatic heterocycles. The molecular weight excluding hydrogens is 386 g/mol. The van der Waals surface area contributed by atoms with Crippen molar-refractivity contribution >= 4 is 28.4 Å². The van der Waals surface area contributed by atoms with Gasteiger partial charge in [-0.1, -0.05) is 57.2 Å². The van der Waals surface area contributed by atoms with E-state index in [0.717, 1.165) is 22.2 Å². The molecule has 1 heterocycles. The van der Waals surface area contributed by atoms with Gasteiger partial charge in [0.1, 0.15) is 5.82 Å². The smallest absolute Gasteiger partial charge is 0.337 e. The average Bonchev–Trinajstić information content (AvgIpc) is 2.78. The molecule has 4 aromatic rings. The maximum absolute atomic E-state index is 11.7. The van der Waals surface area contributed by atoms with Crippen molar-refractivity contribution in [3.63, 3.8) is 0 Å². The van der Waals surface area contributed by atoms with Gasteiger partial charge in [0, 0.05) is 16.6 Å². The first-order chi connectivity index (χ1) is 14.8. The van der Waals surface area contributed by atoms with E-state index in [1.54, 1.807) is 12.1 Å². The number of methoxy groups -OCH3 is 1. The number of aromatic nitrogens is 2. The van der Waals surface area contributed by atoms with E-state index in [0.29, 0.717) is 17.2 Å². The summed E-state index contributed by atoms with van der Waals surface area (Å²) >= 11 is 0. The summed E-state index contributed by atoms with van der Waals surface area (Å²) in [6.07, 6.45) is 0. The van der Waals surface area contributed by atoms with Crippen LogP contribution in [-0.2, 0) is 10.2 Å². The monoisotopic (exact) mass is 411 g/mol. The number of para-hydroxylation sites is 1. The number of anilines is 2. The fraction of sp³-hybridized carbons (Fsp3) is 0.192. The molecule has 31 heavy (non-hydrogen) atoms. The summed E-state index contributed by atoms with van der Waals surface area (Å²) in [6, 6.07) is 23.4. The van der Waals surface area contributed by atoms with Crippen molar-refractivity contribution in [1.82, 2.24) is 9.97 Å². The number of nitrogens with one attached hydrogen (secondary N) is 1. The molecule has 0 atom stereocenters. The van der Waals surface area contributed by atoms with Crippen LogP contribution in [0.25, 0.3) is 22.3 Å². The van der Waals surface area contributed by atoms with Crippen LogP contribution in [-0.4, -0.2) is 23.0 Å². The standard InChI is InChI=1S/C26H25N3O2/c1-26(2,3)19-13-9-17(10-14-19)23-28-22-8-6-5-7-21(22)24(29-23)27-20-15-11-18(12-16-20)25(30)31-4/h5-16H,1-4H3,(H,27,28,29). The molecule has 156 valence electrons. The fourth-order valence-electron chi connectivity index (χ4n) is 3.36. The van der Waals surface area contributed by atoms with Crippen molar-refractivity contribution in [2.24, 2.45) is 0 Å². The number of fused-ring (bicyclic) bond motifs is 1. The van der Waals surface area contributed by atoms with E-state index in [9.17, 15) is 4.79 Å². The third-order valence-corrected chi connectivity index (χ3v) is 5.18. The molecule has 0 bridgehead atoms. The normalized spacial score (nSPS) is 11.4. The zero-order valence-electron chi connectivity index (χ0n) is 18.1. The minimum absolute atomic E-state index is 0.0891. The van der Waals surface area contributed by atoms with Crippen LogP contribution in [0.3, 0.4) is 0 Å². The molecule has 0 unspecified atom stereocenters. The average molecular weight is 412 g/mol. The number of carbonyl (C=O) groups excluding carboxylic acids is 1. The summed E-state index contributed by atoms with van der Waals surface area (Å²) in [4.78, 5) is 21.3. The minimum Gasteiger partial charge on any atom is -0.465 e. The van der Waals surface area contributed by atoms with E-state index in [1.165, 1.54) is 12.7 Å². The Morgan fingerprint density at radius 1 is 0.871 bits per heavy atom. The Labute approximate surface area is 182 Å². The Bertz CT molecular complexity index is 1220. The molecule has 5 heteroatoms. The molecule has 4 rings (SSSR count). The van der Waals surface area contributed by atoms with Gasteiger partial charge in [0.25, 0.3) is 0 Å². The Kier molecular flexibility index (Phi) is 5.42. The van der Waals surface area contributed by atoms with Gasteiger partial charge in [-0.2, -0.15) is 0 Å². The van der Waals surface area contributed by atoms with Crippen LogP contribution in [0.1, 0.15) is 36.7 Å². The number of nitrogens with zero attached hydrogens (tertiary/aromatic N) is 2. The zero-order chi connectivity index (χ0) is 22.0. The molecule has 0 saturated heterocycles. The fourth-order valence-corrected chi connectivity index (χ4v) is 3.36. The summed E-state index contributed by atoms with van der Waals surface area (Å²) in [5.41, 5.74) is 4.50. The van der Waals surface area contributed by atoms with Crippen LogP contribution in [0.15, 0.2) is 72.8 Å². The van der Waals surface area contributed by atoms with Crippen LogP contribution >= 0.6 is 0 Å². The second kappa shape index (κ2) is 8.19. The second-order valence-corrected chi connectivity index (χ2v) is 8.43. The van der Waals surface area contributed by atoms with Crippen molar-refractivity contribution in [3.8, 4) is 11.4 Å². The Morgan fingerprint density at radius 3 is 2.19 bits per heavy atom. The lowest BCUT2D eigenvalue weighted by Gasteiger charge is -2.19. The highest BCUT2D eigenvalue weighted by Crippen LogP contribution is 2.29. The van der Waals surface area contributed by atoms with Crippen LogP contribution in [0.4, 0.5) is 11.5 Å². The Hall–Kier alpha value is -3.73. The van der Waals surface area contributed by atoms with Gasteiger partial charge in [0.2, 0.25) is 0 Å². The van der Waals surface area contributed by atoms with Gasteiger partial charge in [-0.3, -0.25) is 0 Å². The summed E-state index contributed by atoms with van der Waals surface area (Å²) in [6.45, 7) is 6.59. The van der Waals surface area contributed by atoms with Gasteiger partial charge in [-0.15, -0.1) is 0 Å². The van der Waals surface area contributed by atoms with Gasteiger partial charge in [0.05, 0.1) is 18.2 Å². The van der Waals surface area contributed by atoms with Gasteiger partial charge in [0.15, 0.2) is 5.82 Å². The predicted molar refractivity (Wildman–Crippen MR) is 125 cm³/mol. The summed E-state index contributed by atoms with van der Waals surface area (Å²) in [7, 11) is 1.37. The molecule has 0 spiro atoms. The van der Waals surface area contributed by atoms with Gasteiger partial charge >= 0.3 is 5.97 Å². The lowest BCUT2D eigenvalue weighted by molar-refractivity contribution is 0.0601. The van der Waals surface area contributed by atoms with E-state index in [1.807, 2.05) is 36.4 Å². The molecular formula is C26H25N3O2. The maximum Gasteiger partial charge on any atom is 0.337 e. The summed E-state index contributed by atoms with van der Waals surface area (Å²) in [5.74, 6) is 1.01. The highest BCUT2D eigenvalue weighted by atomic mass is 16.5. The summed E-state index contributed by atoms with van der Waals surface area (Å²) < 4.78 is 4.77. The molecule has 0 amide bonds. The molecule has 3 aromatic carbocycles. The molecule has 0 fully saturated rings. The SMILES string of the molecule is COC(=O)c1ccc(Nc2nc(-c3ccc(C(C)(C)C)cc3)nc3ccccc23)cc1. The van der Waals surface area contributed by atoms with Crippen LogP contribution < -0.4 is 5.32 Å². The summed E-state index contributed by atoms with van der Waals surface area (Å²) in [5, 5.41) is 4.30. The number of ether oxygens (including phenoxy) is 1. The van der Waals surface area contributed by atoms with Crippen molar-refractivity contribution in [1.29, 1.82) is 0 Å². The van der Waals surface area contributed by atoms with Crippen LogP contribution in [0.5, 0.6) is 0 Å².